The van der Waals surface area contributed by atoms with Crippen LogP contribution >= 0.6 is 11.6 Å². The molecule has 1 aliphatic heterocycles. The van der Waals surface area contributed by atoms with Crippen molar-refractivity contribution in [1.82, 2.24) is 4.98 Å². The minimum Gasteiger partial charge on any atom is -0.493 e. The molecule has 2 heterocycles. The smallest absolute Gasteiger partial charge is 0.331 e. The van der Waals surface area contributed by atoms with Gasteiger partial charge in [-0.25, -0.2) is 9.78 Å². The number of nitrogens with one attached hydrogen (secondary N) is 1. The Labute approximate surface area is 166 Å². The fourth-order valence-corrected chi connectivity index (χ4v) is 2.57. The summed E-state index contributed by atoms with van der Waals surface area (Å²) in [4.78, 5) is 27.5. The molecule has 0 spiro atoms. The van der Waals surface area contributed by atoms with Crippen molar-refractivity contribution in [3.8, 4) is 17.2 Å². The number of esters is 1. The molecule has 0 aliphatic carbocycles. The second-order valence-electron chi connectivity index (χ2n) is 5.58. The molecule has 0 fully saturated rings. The zero-order valence-corrected chi connectivity index (χ0v) is 15.7. The summed E-state index contributed by atoms with van der Waals surface area (Å²) in [5, 5.41) is 2.65. The number of aromatic nitrogens is 1. The predicted molar refractivity (Wildman–Crippen MR) is 102 cm³/mol. The third-order valence-corrected chi connectivity index (χ3v) is 3.94. The number of carbonyl (C=O) groups is 2. The van der Waals surface area contributed by atoms with E-state index in [4.69, 9.17) is 30.5 Å². The lowest BCUT2D eigenvalue weighted by Crippen LogP contribution is -2.20. The lowest BCUT2D eigenvalue weighted by Gasteiger charge is -2.20. The zero-order valence-electron chi connectivity index (χ0n) is 14.9. The van der Waals surface area contributed by atoms with Gasteiger partial charge < -0.3 is 24.3 Å². The van der Waals surface area contributed by atoms with Crippen molar-refractivity contribution in [1.29, 1.82) is 0 Å². The lowest BCUT2D eigenvalue weighted by atomic mass is 10.1. The van der Waals surface area contributed by atoms with Crippen molar-refractivity contribution in [2.75, 3.05) is 32.2 Å². The van der Waals surface area contributed by atoms with E-state index >= 15 is 0 Å². The third-order valence-electron chi connectivity index (χ3n) is 3.64. The highest BCUT2D eigenvalue weighted by Gasteiger charge is 2.18. The molecule has 1 aliphatic rings. The monoisotopic (exact) mass is 404 g/mol. The van der Waals surface area contributed by atoms with Crippen LogP contribution in [0.5, 0.6) is 17.2 Å². The molecule has 0 radical (unpaired) electrons. The van der Waals surface area contributed by atoms with Gasteiger partial charge in [0.25, 0.3) is 5.91 Å². The van der Waals surface area contributed by atoms with Gasteiger partial charge in [0.2, 0.25) is 5.75 Å². The molecule has 1 aromatic carbocycles. The van der Waals surface area contributed by atoms with E-state index in [1.165, 1.54) is 25.5 Å². The van der Waals surface area contributed by atoms with Crippen LogP contribution in [0.1, 0.15) is 5.56 Å². The Morgan fingerprint density at radius 2 is 2.14 bits per heavy atom. The average Bonchev–Trinajstić information content (AvgIpc) is 2.71. The minimum atomic E-state index is -0.679. The van der Waals surface area contributed by atoms with Crippen molar-refractivity contribution < 1.29 is 28.5 Å². The zero-order chi connectivity index (χ0) is 19.9. The largest absolute Gasteiger partial charge is 0.493 e. The number of pyridine rings is 1. The number of methoxy groups -OCH3 is 1. The molecule has 9 heteroatoms. The fraction of sp³-hybridized carbons (Fsp3) is 0.211. The highest BCUT2D eigenvalue weighted by atomic mass is 35.5. The molecule has 2 aromatic rings. The van der Waals surface area contributed by atoms with Gasteiger partial charge in [0, 0.05) is 12.3 Å². The summed E-state index contributed by atoms with van der Waals surface area (Å²) in [5.74, 6) is 0.349. The van der Waals surface area contributed by atoms with Gasteiger partial charge in [-0.15, -0.1) is 0 Å². The number of nitrogens with zero attached hydrogens (tertiary/aromatic N) is 1. The standard InChI is InChI=1S/C19H17ClN2O6/c1-25-14-9-12(10-15-18(14)27-8-7-26-15)4-5-17(24)28-11-16(23)22-13-3-2-6-21-19(13)20/h2-6,9-10H,7-8,11H2,1H3,(H,22,23)/b5-4+. The molecule has 1 aromatic heterocycles. The summed E-state index contributed by atoms with van der Waals surface area (Å²) < 4.78 is 21.3. The van der Waals surface area contributed by atoms with Gasteiger partial charge >= 0.3 is 5.97 Å². The van der Waals surface area contributed by atoms with Crippen molar-refractivity contribution >= 4 is 35.2 Å². The molecular formula is C19H17ClN2O6. The molecule has 0 saturated carbocycles. The van der Waals surface area contributed by atoms with Gasteiger partial charge in [0.15, 0.2) is 23.3 Å². The number of halogens is 1. The Bertz CT molecular complexity index is 898. The normalized spacial score (nSPS) is 12.5. The summed E-state index contributed by atoms with van der Waals surface area (Å²) >= 11 is 5.85. The Balaban J connectivity index is 1.57. The van der Waals surface area contributed by atoms with E-state index in [1.54, 1.807) is 24.3 Å². The van der Waals surface area contributed by atoms with Gasteiger partial charge in [-0.2, -0.15) is 0 Å². The molecule has 1 amide bonds. The van der Waals surface area contributed by atoms with E-state index in [0.29, 0.717) is 41.7 Å². The van der Waals surface area contributed by atoms with E-state index in [1.807, 2.05) is 0 Å². The molecule has 8 nitrogen and oxygen atoms in total. The lowest BCUT2D eigenvalue weighted by molar-refractivity contribution is -0.142. The van der Waals surface area contributed by atoms with Crippen LogP contribution in [-0.2, 0) is 14.3 Å². The highest BCUT2D eigenvalue weighted by Crippen LogP contribution is 2.40. The van der Waals surface area contributed by atoms with Crippen molar-refractivity contribution in [2.45, 2.75) is 0 Å². The maximum atomic E-state index is 11.9. The minimum absolute atomic E-state index is 0.148. The van der Waals surface area contributed by atoms with Gasteiger partial charge in [-0.1, -0.05) is 11.6 Å². The quantitative estimate of drug-likeness (QED) is 0.449. The predicted octanol–water partition coefficient (Wildman–Crippen LogP) is 2.71. The van der Waals surface area contributed by atoms with E-state index in [9.17, 15) is 9.59 Å². The number of anilines is 1. The number of fused-ring (bicyclic) bond motifs is 1. The van der Waals surface area contributed by atoms with Crippen LogP contribution in [0.25, 0.3) is 6.08 Å². The molecule has 0 saturated heterocycles. The van der Waals surface area contributed by atoms with Gasteiger partial charge in [0.1, 0.15) is 13.2 Å². The van der Waals surface area contributed by atoms with Gasteiger partial charge in [0.05, 0.1) is 12.8 Å². The van der Waals surface area contributed by atoms with Gasteiger partial charge in [-0.05, 0) is 35.9 Å². The molecule has 0 bridgehead atoms. The summed E-state index contributed by atoms with van der Waals surface area (Å²) in [6.07, 6.45) is 4.23. The molecule has 146 valence electrons. The van der Waals surface area contributed by atoms with E-state index in [2.05, 4.69) is 10.3 Å². The number of hydrogen-bond donors (Lipinski definition) is 1. The second-order valence-corrected chi connectivity index (χ2v) is 5.94. The Kier molecular flexibility index (Phi) is 6.33. The molecule has 0 atom stereocenters. The van der Waals surface area contributed by atoms with Crippen molar-refractivity contribution in [3.63, 3.8) is 0 Å². The highest BCUT2D eigenvalue weighted by molar-refractivity contribution is 6.32. The van der Waals surface area contributed by atoms with Crippen LogP contribution in [0.15, 0.2) is 36.5 Å². The first-order valence-electron chi connectivity index (χ1n) is 8.29. The first-order chi connectivity index (χ1) is 13.6. The second kappa shape index (κ2) is 9.09. The van der Waals surface area contributed by atoms with Crippen LogP contribution in [0.4, 0.5) is 5.69 Å². The average molecular weight is 405 g/mol. The summed E-state index contributed by atoms with van der Waals surface area (Å²) in [6.45, 7) is 0.414. The van der Waals surface area contributed by atoms with E-state index in [0.717, 1.165) is 0 Å². The Morgan fingerprint density at radius 3 is 2.93 bits per heavy atom. The van der Waals surface area contributed by atoms with Crippen LogP contribution in [-0.4, -0.2) is 43.8 Å². The van der Waals surface area contributed by atoms with Crippen molar-refractivity contribution in [2.24, 2.45) is 0 Å². The molecule has 1 N–H and O–H groups in total. The fourth-order valence-electron chi connectivity index (χ4n) is 2.40. The number of benzene rings is 1. The number of hydrogen-bond acceptors (Lipinski definition) is 7. The maximum Gasteiger partial charge on any atom is 0.331 e. The topological polar surface area (TPSA) is 96.0 Å². The molecule has 3 rings (SSSR count). The Morgan fingerprint density at radius 1 is 1.32 bits per heavy atom. The number of ether oxygens (including phenoxy) is 4. The van der Waals surface area contributed by atoms with Crippen LogP contribution in [0.3, 0.4) is 0 Å². The van der Waals surface area contributed by atoms with E-state index in [-0.39, 0.29) is 5.15 Å². The first-order valence-corrected chi connectivity index (χ1v) is 8.67. The number of carbonyl (C=O) groups excluding carboxylic acids is 2. The van der Waals surface area contributed by atoms with Gasteiger partial charge in [-0.3, -0.25) is 4.79 Å². The third kappa shape index (κ3) is 4.92. The maximum absolute atomic E-state index is 11.9. The summed E-state index contributed by atoms with van der Waals surface area (Å²) in [5.41, 5.74) is 0.994. The summed E-state index contributed by atoms with van der Waals surface area (Å²) in [7, 11) is 1.52. The SMILES string of the molecule is COc1cc(/C=C/C(=O)OCC(=O)Nc2cccnc2Cl)cc2c1OCCO2. The first kappa shape index (κ1) is 19.5. The van der Waals surface area contributed by atoms with Crippen LogP contribution in [0, 0.1) is 0 Å². The molecular weight excluding hydrogens is 388 g/mol. The molecule has 0 unspecified atom stereocenters. The van der Waals surface area contributed by atoms with Crippen molar-refractivity contribution in [3.05, 3.63) is 47.3 Å². The molecule has 28 heavy (non-hydrogen) atoms. The summed E-state index contributed by atoms with van der Waals surface area (Å²) in [6, 6.07) is 6.63. The van der Waals surface area contributed by atoms with E-state index < -0.39 is 18.5 Å². The number of rotatable bonds is 6. The number of amides is 1. The Hall–Kier alpha value is -3.26. The van der Waals surface area contributed by atoms with Crippen LogP contribution < -0.4 is 19.5 Å². The van der Waals surface area contributed by atoms with Crippen LogP contribution in [0.2, 0.25) is 5.15 Å².